The Balaban J connectivity index is 3.13. The van der Waals surface area contributed by atoms with Gasteiger partial charge in [0.2, 0.25) is 0 Å². The SMILES string of the molecule is CC(=O)/C(C=O)=C/c1ccccc1C. The second kappa shape index (κ2) is 4.51. The summed E-state index contributed by atoms with van der Waals surface area (Å²) in [7, 11) is 0. The third-order valence-electron chi connectivity index (χ3n) is 2.03. The van der Waals surface area contributed by atoms with Crippen molar-refractivity contribution < 1.29 is 9.59 Å². The number of ketones is 1. The Hall–Kier alpha value is -1.70. The van der Waals surface area contributed by atoms with Gasteiger partial charge >= 0.3 is 0 Å². The predicted molar refractivity (Wildman–Crippen MR) is 55.9 cm³/mol. The molecule has 0 amide bonds. The Labute approximate surface area is 83.3 Å². The molecule has 0 aliphatic heterocycles. The molecule has 0 spiro atoms. The third kappa shape index (κ3) is 2.39. The summed E-state index contributed by atoms with van der Waals surface area (Å²) >= 11 is 0. The van der Waals surface area contributed by atoms with Crippen LogP contribution in [0.15, 0.2) is 29.8 Å². The monoisotopic (exact) mass is 188 g/mol. The molecule has 0 fully saturated rings. The van der Waals surface area contributed by atoms with Gasteiger partial charge in [-0.05, 0) is 31.1 Å². The summed E-state index contributed by atoms with van der Waals surface area (Å²) < 4.78 is 0. The van der Waals surface area contributed by atoms with Crippen LogP contribution < -0.4 is 0 Å². The van der Waals surface area contributed by atoms with Gasteiger partial charge in [-0.2, -0.15) is 0 Å². The first kappa shape index (κ1) is 10.4. The lowest BCUT2D eigenvalue weighted by molar-refractivity contribution is -0.115. The fourth-order valence-electron chi connectivity index (χ4n) is 1.13. The van der Waals surface area contributed by atoms with Crippen LogP contribution in [0.1, 0.15) is 18.1 Å². The highest BCUT2D eigenvalue weighted by Crippen LogP contribution is 2.11. The molecular weight excluding hydrogens is 176 g/mol. The molecule has 14 heavy (non-hydrogen) atoms. The van der Waals surface area contributed by atoms with Crippen LogP contribution in [0.5, 0.6) is 0 Å². The smallest absolute Gasteiger partial charge is 0.163 e. The molecule has 0 aromatic heterocycles. The molecule has 0 saturated carbocycles. The first-order chi connectivity index (χ1) is 6.65. The fraction of sp³-hybridized carbons (Fsp3) is 0.167. The zero-order chi connectivity index (χ0) is 10.6. The minimum Gasteiger partial charge on any atom is -0.298 e. The minimum absolute atomic E-state index is 0.205. The Morgan fingerprint density at radius 1 is 1.29 bits per heavy atom. The van der Waals surface area contributed by atoms with Gasteiger partial charge in [0.15, 0.2) is 12.1 Å². The molecule has 2 heteroatoms. The van der Waals surface area contributed by atoms with Gasteiger partial charge in [0.25, 0.3) is 0 Å². The van der Waals surface area contributed by atoms with Crippen LogP contribution in [0.4, 0.5) is 0 Å². The molecule has 0 N–H and O–H groups in total. The molecule has 0 heterocycles. The molecule has 2 nitrogen and oxygen atoms in total. The van der Waals surface area contributed by atoms with Crippen LogP contribution in [0.3, 0.4) is 0 Å². The standard InChI is InChI=1S/C12H12O2/c1-9-5-3-4-6-11(9)7-12(8-13)10(2)14/h3-8H,1-2H3/b12-7+. The minimum atomic E-state index is -0.205. The number of aryl methyl sites for hydroxylation is 1. The van der Waals surface area contributed by atoms with Crippen LogP contribution >= 0.6 is 0 Å². The highest BCUT2D eigenvalue weighted by Gasteiger charge is 2.02. The van der Waals surface area contributed by atoms with Gasteiger partial charge in [-0.3, -0.25) is 9.59 Å². The maximum atomic E-state index is 11.0. The molecule has 0 atom stereocenters. The van der Waals surface area contributed by atoms with Crippen LogP contribution in [-0.2, 0) is 9.59 Å². The van der Waals surface area contributed by atoms with Gasteiger partial charge in [-0.15, -0.1) is 0 Å². The predicted octanol–water partition coefficient (Wildman–Crippen LogP) is 2.17. The maximum Gasteiger partial charge on any atom is 0.163 e. The van der Waals surface area contributed by atoms with Gasteiger partial charge in [-0.1, -0.05) is 24.3 Å². The van der Waals surface area contributed by atoms with E-state index >= 15 is 0 Å². The first-order valence-electron chi connectivity index (χ1n) is 4.38. The van der Waals surface area contributed by atoms with Crippen molar-refractivity contribution in [2.45, 2.75) is 13.8 Å². The Morgan fingerprint density at radius 3 is 2.43 bits per heavy atom. The summed E-state index contributed by atoms with van der Waals surface area (Å²) in [6.07, 6.45) is 2.21. The highest BCUT2D eigenvalue weighted by molar-refractivity contribution is 6.14. The Morgan fingerprint density at radius 2 is 1.93 bits per heavy atom. The number of allylic oxidation sites excluding steroid dienone is 1. The number of carbonyl (C=O) groups is 2. The average Bonchev–Trinajstić information content (AvgIpc) is 2.16. The number of Topliss-reactive ketones (excluding diaryl/α,β-unsaturated/α-hetero) is 1. The molecule has 0 radical (unpaired) electrons. The molecule has 72 valence electrons. The van der Waals surface area contributed by atoms with E-state index in [2.05, 4.69) is 0 Å². The van der Waals surface area contributed by atoms with Crippen LogP contribution in [0.2, 0.25) is 0 Å². The van der Waals surface area contributed by atoms with Crippen molar-refractivity contribution in [2.75, 3.05) is 0 Å². The number of hydrogen-bond acceptors (Lipinski definition) is 2. The van der Waals surface area contributed by atoms with Crippen molar-refractivity contribution in [3.63, 3.8) is 0 Å². The summed E-state index contributed by atoms with van der Waals surface area (Å²) in [5.41, 5.74) is 2.16. The largest absolute Gasteiger partial charge is 0.298 e. The second-order valence-corrected chi connectivity index (χ2v) is 3.13. The third-order valence-corrected chi connectivity index (χ3v) is 2.03. The van der Waals surface area contributed by atoms with Crippen molar-refractivity contribution in [1.29, 1.82) is 0 Å². The van der Waals surface area contributed by atoms with Crippen LogP contribution in [-0.4, -0.2) is 12.1 Å². The number of aldehydes is 1. The van der Waals surface area contributed by atoms with E-state index in [1.165, 1.54) is 6.92 Å². The molecular formula is C12H12O2. The van der Waals surface area contributed by atoms with Gasteiger partial charge < -0.3 is 0 Å². The van der Waals surface area contributed by atoms with E-state index in [1.54, 1.807) is 6.08 Å². The lowest BCUT2D eigenvalue weighted by atomic mass is 10.0. The molecule has 0 bridgehead atoms. The van der Waals surface area contributed by atoms with Gasteiger partial charge in [0.05, 0.1) is 5.57 Å². The van der Waals surface area contributed by atoms with Crippen molar-refractivity contribution in [1.82, 2.24) is 0 Å². The van der Waals surface area contributed by atoms with E-state index in [0.717, 1.165) is 11.1 Å². The topological polar surface area (TPSA) is 34.1 Å². The van der Waals surface area contributed by atoms with Crippen molar-refractivity contribution in [3.05, 3.63) is 41.0 Å². The molecule has 0 aliphatic rings. The zero-order valence-electron chi connectivity index (χ0n) is 8.28. The van der Waals surface area contributed by atoms with Crippen LogP contribution in [0, 0.1) is 6.92 Å². The summed E-state index contributed by atoms with van der Waals surface area (Å²) in [6.45, 7) is 3.33. The van der Waals surface area contributed by atoms with Gasteiger partial charge in [-0.25, -0.2) is 0 Å². The molecule has 0 unspecified atom stereocenters. The number of rotatable bonds is 3. The molecule has 1 rings (SSSR count). The summed E-state index contributed by atoms with van der Waals surface area (Å²) in [5.74, 6) is -0.205. The quantitative estimate of drug-likeness (QED) is 0.315. The van der Waals surface area contributed by atoms with E-state index in [1.807, 2.05) is 31.2 Å². The maximum absolute atomic E-state index is 11.0. The van der Waals surface area contributed by atoms with Gasteiger partial charge in [0.1, 0.15) is 0 Å². The number of hydrogen-bond donors (Lipinski definition) is 0. The number of carbonyl (C=O) groups excluding carboxylic acids is 2. The Bertz CT molecular complexity index is 389. The normalized spacial score (nSPS) is 11.1. The Kier molecular flexibility index (Phi) is 3.35. The van der Waals surface area contributed by atoms with E-state index < -0.39 is 0 Å². The summed E-state index contributed by atoms with van der Waals surface area (Å²) in [6, 6.07) is 7.61. The zero-order valence-corrected chi connectivity index (χ0v) is 8.28. The fourth-order valence-corrected chi connectivity index (χ4v) is 1.13. The molecule has 1 aromatic carbocycles. The lowest BCUT2D eigenvalue weighted by Gasteiger charge is -1.99. The second-order valence-electron chi connectivity index (χ2n) is 3.13. The first-order valence-corrected chi connectivity index (χ1v) is 4.38. The summed E-state index contributed by atoms with van der Waals surface area (Å²) in [5, 5.41) is 0. The average molecular weight is 188 g/mol. The van der Waals surface area contributed by atoms with Crippen molar-refractivity contribution in [3.8, 4) is 0 Å². The number of benzene rings is 1. The molecule has 0 saturated heterocycles. The van der Waals surface area contributed by atoms with Crippen molar-refractivity contribution in [2.24, 2.45) is 0 Å². The van der Waals surface area contributed by atoms with E-state index in [-0.39, 0.29) is 11.4 Å². The van der Waals surface area contributed by atoms with Gasteiger partial charge in [0, 0.05) is 0 Å². The summed E-state index contributed by atoms with van der Waals surface area (Å²) in [4.78, 5) is 21.6. The van der Waals surface area contributed by atoms with Crippen LogP contribution in [0.25, 0.3) is 6.08 Å². The highest BCUT2D eigenvalue weighted by atomic mass is 16.1. The molecule has 1 aromatic rings. The van der Waals surface area contributed by atoms with Crippen molar-refractivity contribution >= 4 is 18.1 Å². The van der Waals surface area contributed by atoms with E-state index in [9.17, 15) is 9.59 Å². The van der Waals surface area contributed by atoms with E-state index in [4.69, 9.17) is 0 Å². The molecule has 0 aliphatic carbocycles. The lowest BCUT2D eigenvalue weighted by Crippen LogP contribution is -1.97. The van der Waals surface area contributed by atoms with E-state index in [0.29, 0.717) is 6.29 Å².